The highest BCUT2D eigenvalue weighted by molar-refractivity contribution is 5.85. The molecule has 3 nitrogen and oxygen atoms in total. The Bertz CT molecular complexity index is 710. The Balaban J connectivity index is 1.84. The second-order valence-electron chi connectivity index (χ2n) is 5.33. The largest absolute Gasteiger partial charge is 0.329 e. The zero-order valence-corrected chi connectivity index (χ0v) is 12.4. The summed E-state index contributed by atoms with van der Waals surface area (Å²) in [5, 5.41) is 6.05. The number of hydrogen-bond donors (Lipinski definition) is 1. The van der Waals surface area contributed by atoms with Crippen molar-refractivity contribution >= 4 is 10.8 Å². The van der Waals surface area contributed by atoms with Crippen LogP contribution in [0.25, 0.3) is 10.8 Å². The molecule has 0 fully saturated rings. The van der Waals surface area contributed by atoms with Crippen molar-refractivity contribution in [1.29, 1.82) is 0 Å². The third-order valence-corrected chi connectivity index (χ3v) is 3.75. The standard InChI is InChI=1S/C18H21N3/c1-2-10-19-11-17-12-20-14-21(17)13-16-8-5-7-15-6-3-4-9-18(15)16/h3-9,12,14,19H,2,10-11,13H2,1H3. The lowest BCUT2D eigenvalue weighted by molar-refractivity contribution is 0.631. The van der Waals surface area contributed by atoms with Gasteiger partial charge in [0.2, 0.25) is 0 Å². The highest BCUT2D eigenvalue weighted by atomic mass is 15.1. The molecule has 0 aliphatic carbocycles. The summed E-state index contributed by atoms with van der Waals surface area (Å²) in [6.45, 7) is 4.96. The molecule has 108 valence electrons. The van der Waals surface area contributed by atoms with Gasteiger partial charge in [0.1, 0.15) is 0 Å². The molecular formula is C18H21N3. The van der Waals surface area contributed by atoms with Crippen molar-refractivity contribution in [2.75, 3.05) is 6.54 Å². The third-order valence-electron chi connectivity index (χ3n) is 3.75. The van der Waals surface area contributed by atoms with Gasteiger partial charge in [-0.3, -0.25) is 0 Å². The quantitative estimate of drug-likeness (QED) is 0.699. The van der Waals surface area contributed by atoms with E-state index in [1.165, 1.54) is 22.0 Å². The monoisotopic (exact) mass is 279 g/mol. The second-order valence-corrected chi connectivity index (χ2v) is 5.33. The summed E-state index contributed by atoms with van der Waals surface area (Å²) in [4.78, 5) is 4.30. The molecule has 1 heterocycles. The van der Waals surface area contributed by atoms with Gasteiger partial charge in [-0.25, -0.2) is 4.98 Å². The van der Waals surface area contributed by atoms with E-state index in [0.29, 0.717) is 0 Å². The summed E-state index contributed by atoms with van der Waals surface area (Å²) >= 11 is 0. The summed E-state index contributed by atoms with van der Waals surface area (Å²) in [6.07, 6.45) is 5.02. The fourth-order valence-electron chi connectivity index (χ4n) is 2.64. The number of imidazole rings is 1. The molecule has 3 heteroatoms. The van der Waals surface area contributed by atoms with E-state index < -0.39 is 0 Å². The predicted octanol–water partition coefficient (Wildman–Crippen LogP) is 3.58. The first-order chi connectivity index (χ1) is 10.4. The molecule has 0 bridgehead atoms. The average molecular weight is 279 g/mol. The van der Waals surface area contributed by atoms with Crippen LogP contribution in [0, 0.1) is 0 Å². The minimum Gasteiger partial charge on any atom is -0.329 e. The molecule has 0 saturated carbocycles. The van der Waals surface area contributed by atoms with Crippen molar-refractivity contribution in [1.82, 2.24) is 14.9 Å². The number of nitrogens with one attached hydrogen (secondary N) is 1. The lowest BCUT2D eigenvalue weighted by Crippen LogP contribution is -2.17. The maximum atomic E-state index is 4.30. The molecule has 0 saturated heterocycles. The second kappa shape index (κ2) is 6.55. The average Bonchev–Trinajstić information content (AvgIpc) is 2.95. The number of aromatic nitrogens is 2. The number of rotatable bonds is 6. The highest BCUT2D eigenvalue weighted by Gasteiger charge is 2.05. The molecule has 1 aromatic heterocycles. The van der Waals surface area contributed by atoms with Gasteiger partial charge in [0.05, 0.1) is 12.0 Å². The Labute approximate surface area is 125 Å². The summed E-state index contributed by atoms with van der Waals surface area (Å²) in [6, 6.07) is 15.0. The Morgan fingerprint density at radius 3 is 2.86 bits per heavy atom. The fraction of sp³-hybridized carbons (Fsp3) is 0.278. The van der Waals surface area contributed by atoms with Gasteiger partial charge < -0.3 is 9.88 Å². The van der Waals surface area contributed by atoms with Crippen LogP contribution >= 0.6 is 0 Å². The topological polar surface area (TPSA) is 29.9 Å². The Kier molecular flexibility index (Phi) is 4.31. The first-order valence-corrected chi connectivity index (χ1v) is 7.55. The predicted molar refractivity (Wildman–Crippen MR) is 87.3 cm³/mol. The van der Waals surface area contributed by atoms with Crippen LogP contribution in [-0.4, -0.2) is 16.1 Å². The van der Waals surface area contributed by atoms with Gasteiger partial charge in [0.25, 0.3) is 0 Å². The first-order valence-electron chi connectivity index (χ1n) is 7.55. The summed E-state index contributed by atoms with van der Waals surface area (Å²) < 4.78 is 2.23. The van der Waals surface area contributed by atoms with Crippen molar-refractivity contribution < 1.29 is 0 Å². The SMILES string of the molecule is CCCNCc1cncn1Cc1cccc2ccccc12. The zero-order valence-electron chi connectivity index (χ0n) is 12.4. The number of benzene rings is 2. The van der Waals surface area contributed by atoms with Gasteiger partial charge in [-0.1, -0.05) is 49.4 Å². The molecule has 0 aliphatic rings. The molecule has 0 radical (unpaired) electrons. The smallest absolute Gasteiger partial charge is 0.0951 e. The number of nitrogens with zero attached hydrogens (tertiary/aromatic N) is 2. The summed E-state index contributed by atoms with van der Waals surface area (Å²) in [5.74, 6) is 0. The maximum Gasteiger partial charge on any atom is 0.0951 e. The lowest BCUT2D eigenvalue weighted by atomic mass is 10.0. The van der Waals surface area contributed by atoms with Gasteiger partial charge in [-0.05, 0) is 29.3 Å². The van der Waals surface area contributed by atoms with Crippen molar-refractivity contribution in [3.63, 3.8) is 0 Å². The van der Waals surface area contributed by atoms with Gasteiger partial charge in [-0.15, -0.1) is 0 Å². The number of hydrogen-bond acceptors (Lipinski definition) is 2. The molecule has 3 rings (SSSR count). The number of fused-ring (bicyclic) bond motifs is 1. The van der Waals surface area contributed by atoms with Crippen molar-refractivity contribution in [3.8, 4) is 0 Å². The molecule has 0 spiro atoms. The Morgan fingerprint density at radius 2 is 1.95 bits per heavy atom. The van der Waals surface area contributed by atoms with Gasteiger partial charge in [-0.2, -0.15) is 0 Å². The van der Waals surface area contributed by atoms with Crippen LogP contribution in [0.4, 0.5) is 0 Å². The van der Waals surface area contributed by atoms with Crippen molar-refractivity contribution in [2.45, 2.75) is 26.4 Å². The molecule has 0 aliphatic heterocycles. The van der Waals surface area contributed by atoms with E-state index in [9.17, 15) is 0 Å². The van der Waals surface area contributed by atoms with Crippen LogP contribution < -0.4 is 5.32 Å². The Morgan fingerprint density at radius 1 is 1.10 bits per heavy atom. The summed E-state index contributed by atoms with van der Waals surface area (Å²) in [5.41, 5.74) is 2.57. The van der Waals surface area contributed by atoms with Gasteiger partial charge in [0.15, 0.2) is 0 Å². The minimum absolute atomic E-state index is 0.866. The molecule has 3 aromatic rings. The molecule has 1 N–H and O–H groups in total. The van der Waals surface area contributed by atoms with Crippen LogP contribution in [-0.2, 0) is 13.1 Å². The van der Waals surface area contributed by atoms with E-state index in [-0.39, 0.29) is 0 Å². The van der Waals surface area contributed by atoms with E-state index in [1.54, 1.807) is 0 Å². The van der Waals surface area contributed by atoms with Gasteiger partial charge >= 0.3 is 0 Å². The summed E-state index contributed by atoms with van der Waals surface area (Å²) in [7, 11) is 0. The van der Waals surface area contributed by atoms with E-state index in [0.717, 1.165) is 26.1 Å². The van der Waals surface area contributed by atoms with Crippen LogP contribution in [0.3, 0.4) is 0 Å². The van der Waals surface area contributed by atoms with E-state index >= 15 is 0 Å². The van der Waals surface area contributed by atoms with Crippen molar-refractivity contribution in [2.24, 2.45) is 0 Å². The normalized spacial score (nSPS) is 11.1. The van der Waals surface area contributed by atoms with E-state index in [4.69, 9.17) is 0 Å². The maximum absolute atomic E-state index is 4.30. The molecule has 2 aromatic carbocycles. The third kappa shape index (κ3) is 3.14. The van der Waals surface area contributed by atoms with Crippen LogP contribution in [0.2, 0.25) is 0 Å². The highest BCUT2D eigenvalue weighted by Crippen LogP contribution is 2.19. The van der Waals surface area contributed by atoms with Gasteiger partial charge in [0, 0.05) is 19.3 Å². The van der Waals surface area contributed by atoms with Crippen LogP contribution in [0.5, 0.6) is 0 Å². The molecular weight excluding hydrogens is 258 g/mol. The molecule has 0 unspecified atom stereocenters. The molecule has 0 atom stereocenters. The van der Waals surface area contributed by atoms with E-state index in [1.807, 2.05) is 12.5 Å². The lowest BCUT2D eigenvalue weighted by Gasteiger charge is -2.11. The Hall–Kier alpha value is -2.13. The molecule has 21 heavy (non-hydrogen) atoms. The van der Waals surface area contributed by atoms with Crippen molar-refractivity contribution in [3.05, 3.63) is 66.2 Å². The van der Waals surface area contributed by atoms with E-state index in [2.05, 4.69) is 64.3 Å². The first kappa shape index (κ1) is 13.8. The van der Waals surface area contributed by atoms with Crippen LogP contribution in [0.15, 0.2) is 55.0 Å². The fourth-order valence-corrected chi connectivity index (χ4v) is 2.64. The molecule has 0 amide bonds. The minimum atomic E-state index is 0.866. The zero-order chi connectivity index (χ0) is 14.5. The van der Waals surface area contributed by atoms with Crippen LogP contribution in [0.1, 0.15) is 24.6 Å².